The largest absolute Gasteiger partial charge is 0.310 e. The molecule has 1 aliphatic rings. The van der Waals surface area contributed by atoms with E-state index in [1.807, 2.05) is 6.92 Å². The average molecular weight is 271 g/mol. The molecule has 1 N–H and O–H groups in total. The average Bonchev–Trinajstić information content (AvgIpc) is 2.88. The van der Waals surface area contributed by atoms with Crippen LogP contribution in [0.15, 0.2) is 12.1 Å². The van der Waals surface area contributed by atoms with E-state index in [1.54, 1.807) is 0 Å². The maximum atomic E-state index is 13.3. The molecule has 1 nitrogen and oxygen atoms in total. The van der Waals surface area contributed by atoms with E-state index in [1.165, 1.54) is 25.7 Å². The summed E-state index contributed by atoms with van der Waals surface area (Å²) < 4.78 is 39.6. The van der Waals surface area contributed by atoms with Gasteiger partial charge < -0.3 is 5.32 Å². The fourth-order valence-electron chi connectivity index (χ4n) is 2.94. The molecule has 106 valence electrons. The Labute approximate surface area is 112 Å². The molecule has 2 rings (SSSR count). The van der Waals surface area contributed by atoms with Crippen LogP contribution in [0.2, 0.25) is 0 Å². The summed E-state index contributed by atoms with van der Waals surface area (Å²) in [5.74, 6) is -3.01. The maximum Gasteiger partial charge on any atom is 0.194 e. The molecule has 19 heavy (non-hydrogen) atoms. The molecule has 0 radical (unpaired) electrons. The van der Waals surface area contributed by atoms with E-state index in [-0.39, 0.29) is 6.04 Å². The van der Waals surface area contributed by atoms with Crippen molar-refractivity contribution in [2.75, 3.05) is 6.54 Å². The second-order valence-corrected chi connectivity index (χ2v) is 5.29. The summed E-state index contributed by atoms with van der Waals surface area (Å²) >= 11 is 0. The van der Waals surface area contributed by atoms with Crippen LogP contribution < -0.4 is 5.32 Å². The van der Waals surface area contributed by atoms with Crippen LogP contribution in [-0.2, 0) is 0 Å². The van der Waals surface area contributed by atoms with Crippen LogP contribution in [0.1, 0.15) is 50.6 Å². The molecule has 1 aromatic carbocycles. The summed E-state index contributed by atoms with van der Waals surface area (Å²) in [5, 5.41) is 3.24. The minimum Gasteiger partial charge on any atom is -0.310 e. The SMILES string of the molecule is CCNC(CC1CCCC1)c1cc(F)c(F)c(F)c1. The van der Waals surface area contributed by atoms with Crippen molar-refractivity contribution in [3.8, 4) is 0 Å². The molecular formula is C15H20F3N. The normalized spacial score (nSPS) is 17.9. The predicted octanol–water partition coefficient (Wildman–Crippen LogP) is 4.33. The lowest BCUT2D eigenvalue weighted by molar-refractivity contribution is 0.392. The molecule has 1 atom stereocenters. The third-order valence-electron chi connectivity index (χ3n) is 3.90. The van der Waals surface area contributed by atoms with Crippen LogP contribution in [0.5, 0.6) is 0 Å². The lowest BCUT2D eigenvalue weighted by Crippen LogP contribution is -2.23. The first-order valence-electron chi connectivity index (χ1n) is 6.99. The number of rotatable bonds is 5. The van der Waals surface area contributed by atoms with Gasteiger partial charge in [-0.15, -0.1) is 0 Å². The first-order chi connectivity index (χ1) is 9.11. The van der Waals surface area contributed by atoms with Crippen molar-refractivity contribution in [1.29, 1.82) is 0 Å². The Balaban J connectivity index is 2.17. The predicted molar refractivity (Wildman–Crippen MR) is 69.3 cm³/mol. The highest BCUT2D eigenvalue weighted by atomic mass is 19.2. The molecule has 4 heteroatoms. The summed E-state index contributed by atoms with van der Waals surface area (Å²) in [6.07, 6.45) is 5.67. The molecule has 1 saturated carbocycles. The van der Waals surface area contributed by atoms with Crippen molar-refractivity contribution in [3.63, 3.8) is 0 Å². The monoisotopic (exact) mass is 271 g/mol. The highest BCUT2D eigenvalue weighted by Crippen LogP contribution is 2.33. The number of nitrogens with one attached hydrogen (secondary N) is 1. The molecule has 1 unspecified atom stereocenters. The van der Waals surface area contributed by atoms with E-state index < -0.39 is 17.5 Å². The van der Waals surface area contributed by atoms with Gasteiger partial charge in [-0.3, -0.25) is 0 Å². The van der Waals surface area contributed by atoms with Crippen LogP contribution in [-0.4, -0.2) is 6.54 Å². The molecule has 1 aliphatic carbocycles. The van der Waals surface area contributed by atoms with Gasteiger partial charge in [0.15, 0.2) is 17.5 Å². The molecule has 0 aliphatic heterocycles. The van der Waals surface area contributed by atoms with Gasteiger partial charge in [-0.05, 0) is 36.6 Å². The molecule has 0 amide bonds. The Morgan fingerprint density at radius 1 is 1.16 bits per heavy atom. The number of halogens is 3. The van der Waals surface area contributed by atoms with E-state index in [2.05, 4.69) is 5.32 Å². The van der Waals surface area contributed by atoms with Crippen molar-refractivity contribution in [2.45, 2.75) is 45.1 Å². The third-order valence-corrected chi connectivity index (χ3v) is 3.90. The van der Waals surface area contributed by atoms with Crippen molar-refractivity contribution in [3.05, 3.63) is 35.1 Å². The van der Waals surface area contributed by atoms with Gasteiger partial charge in [-0.2, -0.15) is 0 Å². The van der Waals surface area contributed by atoms with Crippen molar-refractivity contribution >= 4 is 0 Å². The quantitative estimate of drug-likeness (QED) is 0.786. The Bertz CT molecular complexity index is 404. The van der Waals surface area contributed by atoms with Crippen LogP contribution >= 0.6 is 0 Å². The standard InChI is InChI=1S/C15H20F3N/c1-2-19-14(7-10-5-3-4-6-10)11-8-12(16)15(18)13(17)9-11/h8-10,14,19H,2-7H2,1H3. The smallest absolute Gasteiger partial charge is 0.194 e. The van der Waals surface area contributed by atoms with Gasteiger partial charge in [-0.1, -0.05) is 32.6 Å². The van der Waals surface area contributed by atoms with E-state index in [9.17, 15) is 13.2 Å². The first kappa shape index (κ1) is 14.4. The van der Waals surface area contributed by atoms with Gasteiger partial charge in [0.25, 0.3) is 0 Å². The third kappa shape index (κ3) is 3.50. The van der Waals surface area contributed by atoms with E-state index in [0.29, 0.717) is 11.5 Å². The van der Waals surface area contributed by atoms with Crippen molar-refractivity contribution in [1.82, 2.24) is 5.32 Å². The number of benzene rings is 1. The molecule has 1 fully saturated rings. The molecule has 1 aromatic rings. The Morgan fingerprint density at radius 2 is 1.74 bits per heavy atom. The lowest BCUT2D eigenvalue weighted by Gasteiger charge is -2.22. The lowest BCUT2D eigenvalue weighted by atomic mass is 9.93. The molecule has 0 bridgehead atoms. The van der Waals surface area contributed by atoms with Gasteiger partial charge in [0.05, 0.1) is 0 Å². The molecule has 0 aromatic heterocycles. The number of hydrogen-bond donors (Lipinski definition) is 1. The zero-order valence-electron chi connectivity index (χ0n) is 11.2. The molecular weight excluding hydrogens is 251 g/mol. The summed E-state index contributed by atoms with van der Waals surface area (Å²) in [7, 11) is 0. The minimum atomic E-state index is -1.39. The zero-order chi connectivity index (χ0) is 13.8. The minimum absolute atomic E-state index is 0.0994. The van der Waals surface area contributed by atoms with Crippen molar-refractivity contribution < 1.29 is 13.2 Å². The molecule has 0 saturated heterocycles. The van der Waals surface area contributed by atoms with Crippen LogP contribution in [0.4, 0.5) is 13.2 Å². The fraction of sp³-hybridized carbons (Fsp3) is 0.600. The van der Waals surface area contributed by atoms with Crippen LogP contribution in [0, 0.1) is 23.4 Å². The highest BCUT2D eigenvalue weighted by molar-refractivity contribution is 5.23. The second kappa shape index (κ2) is 6.42. The second-order valence-electron chi connectivity index (χ2n) is 5.29. The summed E-state index contributed by atoms with van der Waals surface area (Å²) in [5.41, 5.74) is 0.505. The molecule has 0 spiro atoms. The van der Waals surface area contributed by atoms with Crippen LogP contribution in [0.25, 0.3) is 0 Å². The first-order valence-corrected chi connectivity index (χ1v) is 6.99. The van der Waals surface area contributed by atoms with E-state index >= 15 is 0 Å². The van der Waals surface area contributed by atoms with Gasteiger partial charge in [0, 0.05) is 6.04 Å². The summed E-state index contributed by atoms with van der Waals surface area (Å²) in [4.78, 5) is 0. The Kier molecular flexibility index (Phi) is 4.86. The summed E-state index contributed by atoms with van der Waals surface area (Å²) in [6.45, 7) is 2.68. The van der Waals surface area contributed by atoms with E-state index in [0.717, 1.165) is 25.1 Å². The highest BCUT2D eigenvalue weighted by Gasteiger charge is 2.22. The van der Waals surface area contributed by atoms with Crippen molar-refractivity contribution in [2.24, 2.45) is 5.92 Å². The Morgan fingerprint density at radius 3 is 2.26 bits per heavy atom. The van der Waals surface area contributed by atoms with Gasteiger partial charge in [0.2, 0.25) is 0 Å². The maximum absolute atomic E-state index is 13.3. The zero-order valence-corrected chi connectivity index (χ0v) is 11.2. The van der Waals surface area contributed by atoms with Crippen LogP contribution in [0.3, 0.4) is 0 Å². The van der Waals surface area contributed by atoms with Gasteiger partial charge in [-0.25, -0.2) is 13.2 Å². The number of hydrogen-bond acceptors (Lipinski definition) is 1. The fourth-order valence-corrected chi connectivity index (χ4v) is 2.94. The topological polar surface area (TPSA) is 12.0 Å². The molecule has 0 heterocycles. The Hall–Kier alpha value is -1.03. The van der Waals surface area contributed by atoms with Gasteiger partial charge in [0.1, 0.15) is 0 Å². The summed E-state index contributed by atoms with van der Waals surface area (Å²) in [6, 6.07) is 2.12. The van der Waals surface area contributed by atoms with Gasteiger partial charge >= 0.3 is 0 Å². The van der Waals surface area contributed by atoms with E-state index in [4.69, 9.17) is 0 Å².